The zero-order valence-corrected chi connectivity index (χ0v) is 17.2. The number of benzene rings is 2. The molecule has 1 aromatic heterocycles. The van der Waals surface area contributed by atoms with Gasteiger partial charge in [0, 0.05) is 19.7 Å². The van der Waals surface area contributed by atoms with Crippen LogP contribution in [-0.4, -0.2) is 18.2 Å². The van der Waals surface area contributed by atoms with E-state index in [2.05, 4.69) is 46.8 Å². The Hall–Kier alpha value is -3.28. The third-order valence-corrected chi connectivity index (χ3v) is 4.45. The molecule has 0 radical (unpaired) electrons. The van der Waals surface area contributed by atoms with Crippen LogP contribution in [0.25, 0.3) is 0 Å². The fourth-order valence-electron chi connectivity index (χ4n) is 2.71. The van der Waals surface area contributed by atoms with Gasteiger partial charge in [0.1, 0.15) is 12.4 Å². The fraction of sp³-hybridized carbons (Fsp3) is 0.304. The van der Waals surface area contributed by atoms with Crippen molar-refractivity contribution in [3.8, 4) is 5.75 Å². The summed E-state index contributed by atoms with van der Waals surface area (Å²) in [5.74, 6) is 2.70. The zero-order valence-electron chi connectivity index (χ0n) is 17.2. The minimum Gasteiger partial charge on any atom is -0.489 e. The number of aromatic nitrogens is 1. The van der Waals surface area contributed by atoms with E-state index in [1.54, 1.807) is 7.05 Å². The number of hydrogen-bond donors (Lipinski definition) is 2. The van der Waals surface area contributed by atoms with Crippen LogP contribution in [0.5, 0.6) is 5.75 Å². The lowest BCUT2D eigenvalue weighted by molar-refractivity contribution is 0.306. The number of guanidine groups is 1. The standard InChI is InChI=1S/C23H28N4O2/c1-17(2)22-13-21(29-27-22)15-26-23(24-3)25-14-18-9-11-20(12-10-18)28-16-19-7-5-4-6-8-19/h4-13,17H,14-16H2,1-3H3,(H2,24,25,26). The first-order valence-corrected chi connectivity index (χ1v) is 9.79. The molecule has 3 aromatic rings. The van der Waals surface area contributed by atoms with Crippen molar-refractivity contribution in [1.82, 2.24) is 15.8 Å². The topological polar surface area (TPSA) is 71.7 Å². The number of hydrogen-bond acceptors (Lipinski definition) is 4. The van der Waals surface area contributed by atoms with E-state index in [4.69, 9.17) is 9.26 Å². The highest BCUT2D eigenvalue weighted by Crippen LogP contribution is 2.15. The molecule has 0 aliphatic heterocycles. The van der Waals surface area contributed by atoms with Crippen LogP contribution in [0, 0.1) is 0 Å². The highest BCUT2D eigenvalue weighted by atomic mass is 16.5. The Bertz CT molecular complexity index is 902. The molecule has 6 nitrogen and oxygen atoms in total. The molecule has 0 aliphatic carbocycles. The Labute approximate surface area is 172 Å². The Balaban J connectivity index is 1.44. The lowest BCUT2D eigenvalue weighted by Gasteiger charge is -2.11. The fourth-order valence-corrected chi connectivity index (χ4v) is 2.71. The van der Waals surface area contributed by atoms with Gasteiger partial charge < -0.3 is 19.9 Å². The Morgan fingerprint density at radius 3 is 2.38 bits per heavy atom. The van der Waals surface area contributed by atoms with Gasteiger partial charge in [0.15, 0.2) is 11.7 Å². The monoisotopic (exact) mass is 392 g/mol. The molecular weight excluding hydrogens is 364 g/mol. The van der Waals surface area contributed by atoms with E-state index < -0.39 is 0 Å². The van der Waals surface area contributed by atoms with Crippen molar-refractivity contribution in [2.75, 3.05) is 7.05 Å². The molecule has 0 amide bonds. The minimum atomic E-state index is 0.351. The summed E-state index contributed by atoms with van der Waals surface area (Å²) in [6, 6.07) is 20.2. The molecule has 2 aromatic carbocycles. The van der Waals surface area contributed by atoms with Crippen LogP contribution >= 0.6 is 0 Å². The van der Waals surface area contributed by atoms with Gasteiger partial charge in [-0.1, -0.05) is 61.5 Å². The normalized spacial score (nSPS) is 11.5. The van der Waals surface area contributed by atoms with Gasteiger partial charge in [-0.2, -0.15) is 0 Å². The average Bonchev–Trinajstić information content (AvgIpc) is 3.23. The van der Waals surface area contributed by atoms with Crippen LogP contribution < -0.4 is 15.4 Å². The summed E-state index contributed by atoms with van der Waals surface area (Å²) in [6.07, 6.45) is 0. The molecule has 3 rings (SSSR count). The number of nitrogens with one attached hydrogen (secondary N) is 2. The summed E-state index contributed by atoms with van der Waals surface area (Å²) in [4.78, 5) is 4.25. The maximum Gasteiger partial charge on any atom is 0.191 e. The van der Waals surface area contributed by atoms with Crippen molar-refractivity contribution in [2.45, 2.75) is 39.5 Å². The van der Waals surface area contributed by atoms with Crippen molar-refractivity contribution < 1.29 is 9.26 Å². The number of ether oxygens (including phenoxy) is 1. The second-order valence-corrected chi connectivity index (χ2v) is 7.07. The first kappa shape index (κ1) is 20.5. The summed E-state index contributed by atoms with van der Waals surface area (Å²) in [7, 11) is 1.75. The lowest BCUT2D eigenvalue weighted by Crippen LogP contribution is -2.36. The van der Waals surface area contributed by atoms with E-state index in [9.17, 15) is 0 Å². The molecule has 152 valence electrons. The molecule has 0 fully saturated rings. The molecule has 2 N–H and O–H groups in total. The smallest absolute Gasteiger partial charge is 0.191 e. The Morgan fingerprint density at radius 2 is 1.72 bits per heavy atom. The SMILES string of the molecule is CN=C(NCc1ccc(OCc2ccccc2)cc1)NCc1cc(C(C)C)no1. The summed E-state index contributed by atoms with van der Waals surface area (Å²) in [5, 5.41) is 10.6. The Kier molecular flexibility index (Phi) is 7.28. The number of rotatable bonds is 8. The van der Waals surface area contributed by atoms with E-state index in [-0.39, 0.29) is 0 Å². The highest BCUT2D eigenvalue weighted by molar-refractivity contribution is 5.79. The molecule has 0 aliphatic rings. The van der Waals surface area contributed by atoms with Crippen LogP contribution in [0.3, 0.4) is 0 Å². The summed E-state index contributed by atoms with van der Waals surface area (Å²) >= 11 is 0. The summed E-state index contributed by atoms with van der Waals surface area (Å²) < 4.78 is 11.2. The van der Waals surface area contributed by atoms with Crippen LogP contribution in [0.4, 0.5) is 0 Å². The van der Waals surface area contributed by atoms with Gasteiger partial charge in [0.2, 0.25) is 0 Å². The lowest BCUT2D eigenvalue weighted by atomic mass is 10.1. The van der Waals surface area contributed by atoms with Gasteiger partial charge in [-0.15, -0.1) is 0 Å². The van der Waals surface area contributed by atoms with Crippen molar-refractivity contribution in [2.24, 2.45) is 4.99 Å². The van der Waals surface area contributed by atoms with E-state index in [0.29, 0.717) is 31.6 Å². The average molecular weight is 393 g/mol. The van der Waals surface area contributed by atoms with Crippen LogP contribution in [0.15, 0.2) is 70.2 Å². The van der Waals surface area contributed by atoms with Gasteiger partial charge in [0.25, 0.3) is 0 Å². The molecule has 29 heavy (non-hydrogen) atoms. The van der Waals surface area contributed by atoms with Gasteiger partial charge in [-0.05, 0) is 29.2 Å². The first-order chi connectivity index (χ1) is 14.1. The molecule has 0 unspecified atom stereocenters. The largest absolute Gasteiger partial charge is 0.489 e. The highest BCUT2D eigenvalue weighted by Gasteiger charge is 2.08. The predicted molar refractivity (Wildman–Crippen MR) is 115 cm³/mol. The maximum atomic E-state index is 5.83. The molecule has 0 bridgehead atoms. The predicted octanol–water partition coefficient (Wildman–Crippen LogP) is 4.24. The van der Waals surface area contributed by atoms with Crippen molar-refractivity contribution >= 4 is 5.96 Å². The maximum absolute atomic E-state index is 5.83. The second kappa shape index (κ2) is 10.3. The van der Waals surface area contributed by atoms with Crippen molar-refractivity contribution in [3.63, 3.8) is 0 Å². The van der Waals surface area contributed by atoms with Gasteiger partial charge in [-0.3, -0.25) is 4.99 Å². The summed E-state index contributed by atoms with van der Waals surface area (Å²) in [5.41, 5.74) is 3.25. The minimum absolute atomic E-state index is 0.351. The first-order valence-electron chi connectivity index (χ1n) is 9.79. The second-order valence-electron chi connectivity index (χ2n) is 7.07. The molecule has 6 heteroatoms. The zero-order chi connectivity index (χ0) is 20.5. The third kappa shape index (κ3) is 6.38. The van der Waals surface area contributed by atoms with Crippen molar-refractivity contribution in [3.05, 3.63) is 83.2 Å². The van der Waals surface area contributed by atoms with Gasteiger partial charge >= 0.3 is 0 Å². The van der Waals surface area contributed by atoms with Crippen molar-refractivity contribution in [1.29, 1.82) is 0 Å². The molecule has 0 saturated carbocycles. The quantitative estimate of drug-likeness (QED) is 0.443. The van der Waals surface area contributed by atoms with Crippen LogP contribution in [0.2, 0.25) is 0 Å². The van der Waals surface area contributed by atoms with Crippen LogP contribution in [0.1, 0.15) is 42.3 Å². The molecule has 0 saturated heterocycles. The molecule has 1 heterocycles. The van der Waals surface area contributed by atoms with E-state index in [0.717, 1.165) is 28.3 Å². The summed E-state index contributed by atoms with van der Waals surface area (Å²) in [6.45, 7) is 5.94. The van der Waals surface area contributed by atoms with Gasteiger partial charge in [-0.25, -0.2) is 0 Å². The Morgan fingerprint density at radius 1 is 1.00 bits per heavy atom. The van der Waals surface area contributed by atoms with Crippen LogP contribution in [-0.2, 0) is 19.7 Å². The molecule has 0 atom stereocenters. The molecule has 0 spiro atoms. The van der Waals surface area contributed by atoms with E-state index in [1.807, 2.05) is 48.5 Å². The molecular formula is C23H28N4O2. The third-order valence-electron chi connectivity index (χ3n) is 4.45. The number of aliphatic imine (C=N–C) groups is 1. The van der Waals surface area contributed by atoms with E-state index >= 15 is 0 Å². The van der Waals surface area contributed by atoms with E-state index in [1.165, 1.54) is 0 Å². The number of nitrogens with zero attached hydrogens (tertiary/aromatic N) is 2. The van der Waals surface area contributed by atoms with Gasteiger partial charge in [0.05, 0.1) is 12.2 Å².